The minimum Gasteiger partial charge on any atom is -0.494 e. The van der Waals surface area contributed by atoms with Crippen molar-refractivity contribution in [3.8, 4) is 11.4 Å². The van der Waals surface area contributed by atoms with Gasteiger partial charge in [-0.05, 0) is 48.0 Å². The average Bonchev–Trinajstić information content (AvgIpc) is 3.15. The van der Waals surface area contributed by atoms with Gasteiger partial charge in [0.05, 0.1) is 18.8 Å². The standard InChI is InChI=1S/C19H28N6O2/c1-3-5-6-19(26)24-13-11-23(12-14-24)15-18-20-21-22-25(18)16-7-9-17(10-8-16)27-4-2/h7-10H,3-6,11-15H2,1-2H3. The highest BCUT2D eigenvalue weighted by molar-refractivity contribution is 5.76. The third-order valence-electron chi connectivity index (χ3n) is 4.76. The maximum Gasteiger partial charge on any atom is 0.222 e. The van der Waals surface area contributed by atoms with E-state index < -0.39 is 0 Å². The molecule has 0 N–H and O–H groups in total. The molecule has 8 nitrogen and oxygen atoms in total. The van der Waals surface area contributed by atoms with Crippen LogP contribution in [0.5, 0.6) is 5.75 Å². The number of carbonyl (C=O) groups excluding carboxylic acids is 1. The summed E-state index contributed by atoms with van der Waals surface area (Å²) in [6, 6.07) is 7.75. The zero-order valence-corrected chi connectivity index (χ0v) is 16.2. The molecular formula is C19H28N6O2. The van der Waals surface area contributed by atoms with Gasteiger partial charge in [-0.2, -0.15) is 4.68 Å². The number of ether oxygens (including phenoxy) is 1. The molecule has 0 saturated carbocycles. The Bertz CT molecular complexity index is 722. The van der Waals surface area contributed by atoms with Crippen LogP contribution in [-0.4, -0.2) is 68.7 Å². The lowest BCUT2D eigenvalue weighted by Gasteiger charge is -2.34. The van der Waals surface area contributed by atoms with Crippen LogP contribution >= 0.6 is 0 Å². The number of rotatable bonds is 8. The largest absolute Gasteiger partial charge is 0.494 e. The summed E-state index contributed by atoms with van der Waals surface area (Å²) in [5, 5.41) is 12.2. The van der Waals surface area contributed by atoms with Crippen molar-refractivity contribution in [1.82, 2.24) is 30.0 Å². The Labute approximate surface area is 160 Å². The third-order valence-corrected chi connectivity index (χ3v) is 4.76. The molecule has 0 bridgehead atoms. The van der Waals surface area contributed by atoms with Crippen LogP contribution in [0.15, 0.2) is 24.3 Å². The molecule has 1 aliphatic rings. The third kappa shape index (κ3) is 5.03. The van der Waals surface area contributed by atoms with Gasteiger partial charge in [-0.3, -0.25) is 9.69 Å². The van der Waals surface area contributed by atoms with Gasteiger partial charge in [0.15, 0.2) is 5.82 Å². The van der Waals surface area contributed by atoms with Crippen molar-refractivity contribution >= 4 is 5.91 Å². The number of tetrazole rings is 1. The lowest BCUT2D eigenvalue weighted by Crippen LogP contribution is -2.48. The number of nitrogens with zero attached hydrogens (tertiary/aromatic N) is 6. The fraction of sp³-hybridized carbons (Fsp3) is 0.579. The van der Waals surface area contributed by atoms with Gasteiger partial charge < -0.3 is 9.64 Å². The molecule has 1 saturated heterocycles. The highest BCUT2D eigenvalue weighted by Crippen LogP contribution is 2.16. The van der Waals surface area contributed by atoms with Gasteiger partial charge in [-0.25, -0.2) is 0 Å². The molecule has 8 heteroatoms. The summed E-state index contributed by atoms with van der Waals surface area (Å²) < 4.78 is 7.24. The number of hydrogen-bond acceptors (Lipinski definition) is 6. The molecular weight excluding hydrogens is 344 g/mol. The van der Waals surface area contributed by atoms with Crippen LogP contribution < -0.4 is 4.74 Å². The van der Waals surface area contributed by atoms with E-state index in [1.807, 2.05) is 36.1 Å². The van der Waals surface area contributed by atoms with Gasteiger partial charge in [0.2, 0.25) is 5.91 Å². The molecule has 2 heterocycles. The summed E-state index contributed by atoms with van der Waals surface area (Å²) in [5.74, 6) is 1.90. The van der Waals surface area contributed by atoms with E-state index in [0.29, 0.717) is 19.6 Å². The molecule has 1 aromatic heterocycles. The van der Waals surface area contributed by atoms with Gasteiger partial charge in [-0.15, -0.1) is 5.10 Å². The summed E-state index contributed by atoms with van der Waals surface area (Å²) in [5.41, 5.74) is 0.909. The van der Waals surface area contributed by atoms with E-state index in [2.05, 4.69) is 27.3 Å². The van der Waals surface area contributed by atoms with Crippen LogP contribution in [0.1, 0.15) is 38.9 Å². The smallest absolute Gasteiger partial charge is 0.222 e. The summed E-state index contributed by atoms with van der Waals surface area (Å²) in [6.07, 6.45) is 2.68. The quantitative estimate of drug-likeness (QED) is 0.704. The Balaban J connectivity index is 1.57. The second-order valence-electron chi connectivity index (χ2n) is 6.69. The van der Waals surface area contributed by atoms with Gasteiger partial charge in [0.25, 0.3) is 0 Å². The predicted molar refractivity (Wildman–Crippen MR) is 102 cm³/mol. The average molecular weight is 372 g/mol. The van der Waals surface area contributed by atoms with Crippen molar-refractivity contribution in [2.24, 2.45) is 0 Å². The van der Waals surface area contributed by atoms with Crippen LogP contribution in [0, 0.1) is 0 Å². The van der Waals surface area contributed by atoms with E-state index >= 15 is 0 Å². The van der Waals surface area contributed by atoms with E-state index in [1.54, 1.807) is 4.68 Å². The van der Waals surface area contributed by atoms with Crippen LogP contribution in [0.4, 0.5) is 0 Å². The molecule has 1 aromatic carbocycles. The monoisotopic (exact) mass is 372 g/mol. The van der Waals surface area contributed by atoms with Crippen LogP contribution in [0.2, 0.25) is 0 Å². The van der Waals surface area contributed by atoms with Crippen LogP contribution in [-0.2, 0) is 11.3 Å². The van der Waals surface area contributed by atoms with E-state index in [0.717, 1.165) is 56.3 Å². The highest BCUT2D eigenvalue weighted by Gasteiger charge is 2.22. The molecule has 0 radical (unpaired) electrons. The Morgan fingerprint density at radius 2 is 1.85 bits per heavy atom. The van der Waals surface area contributed by atoms with E-state index in [1.165, 1.54) is 0 Å². The minimum absolute atomic E-state index is 0.274. The van der Waals surface area contributed by atoms with Crippen molar-refractivity contribution in [3.63, 3.8) is 0 Å². The number of unbranched alkanes of at least 4 members (excludes halogenated alkanes) is 1. The van der Waals surface area contributed by atoms with E-state index in [-0.39, 0.29) is 5.91 Å². The number of benzene rings is 1. The fourth-order valence-electron chi connectivity index (χ4n) is 3.20. The molecule has 0 spiro atoms. The van der Waals surface area contributed by atoms with E-state index in [4.69, 9.17) is 4.74 Å². The Morgan fingerprint density at radius 1 is 1.11 bits per heavy atom. The lowest BCUT2D eigenvalue weighted by atomic mass is 10.2. The molecule has 0 atom stereocenters. The normalized spacial score (nSPS) is 15.1. The Morgan fingerprint density at radius 3 is 2.52 bits per heavy atom. The van der Waals surface area contributed by atoms with Gasteiger partial charge in [0, 0.05) is 32.6 Å². The first-order valence-corrected chi connectivity index (χ1v) is 9.72. The minimum atomic E-state index is 0.274. The topological polar surface area (TPSA) is 76.4 Å². The number of aromatic nitrogens is 4. The molecule has 0 unspecified atom stereocenters. The predicted octanol–water partition coefficient (Wildman–Crippen LogP) is 1.90. The summed E-state index contributed by atoms with van der Waals surface area (Å²) in [6.45, 7) is 8.60. The first-order chi connectivity index (χ1) is 13.2. The second kappa shape index (κ2) is 9.45. The fourth-order valence-corrected chi connectivity index (χ4v) is 3.20. The lowest BCUT2D eigenvalue weighted by molar-refractivity contribution is -0.133. The molecule has 1 amide bonds. The van der Waals surface area contributed by atoms with Crippen molar-refractivity contribution in [3.05, 3.63) is 30.1 Å². The molecule has 0 aliphatic carbocycles. The SMILES string of the molecule is CCCCC(=O)N1CCN(Cc2nnnn2-c2ccc(OCC)cc2)CC1. The zero-order chi connectivity index (χ0) is 19.1. The maximum atomic E-state index is 12.2. The molecule has 3 rings (SSSR count). The molecule has 146 valence electrons. The van der Waals surface area contributed by atoms with Crippen molar-refractivity contribution in [1.29, 1.82) is 0 Å². The number of piperazine rings is 1. The van der Waals surface area contributed by atoms with Crippen molar-refractivity contribution in [2.75, 3.05) is 32.8 Å². The Kier molecular flexibility index (Phi) is 6.75. The first kappa shape index (κ1) is 19.3. The summed E-state index contributed by atoms with van der Waals surface area (Å²) in [7, 11) is 0. The summed E-state index contributed by atoms with van der Waals surface area (Å²) in [4.78, 5) is 16.4. The number of hydrogen-bond donors (Lipinski definition) is 0. The van der Waals surface area contributed by atoms with Gasteiger partial charge in [-0.1, -0.05) is 13.3 Å². The van der Waals surface area contributed by atoms with Crippen molar-refractivity contribution in [2.45, 2.75) is 39.7 Å². The van der Waals surface area contributed by atoms with Crippen LogP contribution in [0.3, 0.4) is 0 Å². The molecule has 27 heavy (non-hydrogen) atoms. The van der Waals surface area contributed by atoms with Gasteiger partial charge in [0.1, 0.15) is 5.75 Å². The zero-order valence-electron chi connectivity index (χ0n) is 16.2. The molecule has 1 aliphatic heterocycles. The second-order valence-corrected chi connectivity index (χ2v) is 6.69. The molecule has 2 aromatic rings. The molecule has 1 fully saturated rings. The first-order valence-electron chi connectivity index (χ1n) is 9.72. The number of amides is 1. The summed E-state index contributed by atoms with van der Waals surface area (Å²) >= 11 is 0. The van der Waals surface area contributed by atoms with Gasteiger partial charge >= 0.3 is 0 Å². The number of carbonyl (C=O) groups is 1. The van der Waals surface area contributed by atoms with Crippen LogP contribution in [0.25, 0.3) is 5.69 Å². The maximum absolute atomic E-state index is 12.2. The van der Waals surface area contributed by atoms with Crippen molar-refractivity contribution < 1.29 is 9.53 Å². The highest BCUT2D eigenvalue weighted by atomic mass is 16.5. The Hall–Kier alpha value is -2.48. The van der Waals surface area contributed by atoms with E-state index in [9.17, 15) is 4.79 Å².